The summed E-state index contributed by atoms with van der Waals surface area (Å²) in [4.78, 5) is 49.1. The molecule has 3 amide bonds. The molecule has 2 aromatic carbocycles. The average Bonchev–Trinajstić information content (AvgIpc) is 3.99. The van der Waals surface area contributed by atoms with E-state index in [9.17, 15) is 22.8 Å². The molecule has 1 aliphatic heterocycles. The molecule has 7 rings (SSSR count). The fourth-order valence-electron chi connectivity index (χ4n) is 7.18. The van der Waals surface area contributed by atoms with Crippen LogP contribution in [0, 0.1) is 17.8 Å². The fourth-order valence-corrected chi connectivity index (χ4v) is 8.54. The number of hydrogen-bond donors (Lipinski definition) is 2. The maximum Gasteiger partial charge on any atom is 0.259 e. The number of carbonyl (C=O) groups excluding carboxylic acids is 3. The van der Waals surface area contributed by atoms with Gasteiger partial charge in [0.1, 0.15) is 29.7 Å². The van der Waals surface area contributed by atoms with E-state index >= 15 is 0 Å². The van der Waals surface area contributed by atoms with Gasteiger partial charge >= 0.3 is 0 Å². The van der Waals surface area contributed by atoms with Crippen molar-refractivity contribution in [3.63, 3.8) is 0 Å². The second kappa shape index (κ2) is 12.5. The van der Waals surface area contributed by atoms with E-state index in [2.05, 4.69) is 21.8 Å². The minimum atomic E-state index is -3.82. The molecule has 4 aliphatic carbocycles. The Kier molecular flexibility index (Phi) is 8.39. The normalized spacial score (nSPS) is 28.1. The van der Waals surface area contributed by atoms with Gasteiger partial charge in [-0.25, -0.2) is 8.42 Å². The molecule has 3 fully saturated rings. The summed E-state index contributed by atoms with van der Waals surface area (Å²) in [6.45, 7) is 4.68. The largest absolute Gasteiger partial charge is 0.490 e. The zero-order valence-corrected chi connectivity index (χ0v) is 27.7. The predicted octanol–water partition coefficient (Wildman–Crippen LogP) is 3.69. The number of allylic oxidation sites excluding steroid dienone is 1. The first-order chi connectivity index (χ1) is 23.1. The highest BCUT2D eigenvalue weighted by Crippen LogP contribution is 2.47. The van der Waals surface area contributed by atoms with Crippen LogP contribution in [0.2, 0.25) is 0 Å². The summed E-state index contributed by atoms with van der Waals surface area (Å²) >= 11 is 0. The number of hydrogen-bond acceptors (Lipinski definition) is 8. The van der Waals surface area contributed by atoms with Crippen LogP contribution in [-0.2, 0) is 29.2 Å². The Balaban J connectivity index is 1.17. The van der Waals surface area contributed by atoms with Crippen LogP contribution in [0.25, 0.3) is 11.1 Å². The van der Waals surface area contributed by atoms with E-state index < -0.39 is 56.5 Å². The molecular formula is C36H40N4O7S. The van der Waals surface area contributed by atoms with Crippen molar-refractivity contribution in [3.8, 4) is 16.9 Å². The van der Waals surface area contributed by atoms with Crippen LogP contribution in [-0.4, -0.2) is 73.8 Å². The molecular weight excluding hydrogens is 632 g/mol. The lowest BCUT2D eigenvalue weighted by molar-refractivity contribution is -0.140. The van der Waals surface area contributed by atoms with Crippen molar-refractivity contribution in [2.45, 2.75) is 61.8 Å². The van der Waals surface area contributed by atoms with Crippen molar-refractivity contribution in [2.24, 2.45) is 22.9 Å². The molecule has 48 heavy (non-hydrogen) atoms. The predicted molar refractivity (Wildman–Crippen MR) is 179 cm³/mol. The van der Waals surface area contributed by atoms with E-state index in [1.54, 1.807) is 18.0 Å². The standard InChI is InChI=1S/C36H40N4O7S/c1-3-22-21-36(22,35(43)39-48(44,45)25-13-14-25)37-33(41)30-19-24-20-31(30)34(42)40(2)16-8-4-5-9-17-46-23-12-15-27-26-10-6-7-11-28(26)32(38-47-24)29(27)18-23/h3,5-7,9-12,15,18,22,24-25,30-31H,1,4,8,13-14,16-17,19-21H2,2H3,(H,37,41)(H,39,43)/t22-,24-,30-,31-,36-/m1/s1. The minimum absolute atomic E-state index is 0.186. The first kappa shape index (κ1) is 32.1. The molecule has 5 aliphatic rings. The molecule has 0 spiro atoms. The van der Waals surface area contributed by atoms with Gasteiger partial charge in [-0.15, -0.1) is 6.58 Å². The summed E-state index contributed by atoms with van der Waals surface area (Å²) in [5.41, 5.74) is 3.04. The molecule has 4 bridgehead atoms. The van der Waals surface area contributed by atoms with E-state index in [1.807, 2.05) is 54.6 Å². The third kappa shape index (κ3) is 6.02. The highest BCUT2D eigenvalue weighted by molar-refractivity contribution is 7.91. The Hall–Kier alpha value is -4.45. The number of oxime groups is 1. The summed E-state index contributed by atoms with van der Waals surface area (Å²) in [6, 6.07) is 13.9. The zero-order chi connectivity index (χ0) is 33.6. The van der Waals surface area contributed by atoms with E-state index in [-0.39, 0.29) is 25.2 Å². The van der Waals surface area contributed by atoms with Crippen molar-refractivity contribution >= 4 is 33.5 Å². The van der Waals surface area contributed by atoms with Gasteiger partial charge in [-0.3, -0.25) is 19.1 Å². The lowest BCUT2D eigenvalue weighted by Gasteiger charge is -2.26. The molecule has 1 heterocycles. The molecule has 5 atom stereocenters. The summed E-state index contributed by atoms with van der Waals surface area (Å²) < 4.78 is 33.4. The van der Waals surface area contributed by atoms with Gasteiger partial charge in [0.2, 0.25) is 21.8 Å². The monoisotopic (exact) mass is 672 g/mol. The second-order valence-corrected chi connectivity index (χ2v) is 15.4. The number of nitrogens with one attached hydrogen (secondary N) is 2. The average molecular weight is 673 g/mol. The Bertz CT molecular complexity index is 1830. The van der Waals surface area contributed by atoms with Crippen LogP contribution in [0.1, 0.15) is 56.1 Å². The van der Waals surface area contributed by atoms with E-state index in [0.29, 0.717) is 37.5 Å². The van der Waals surface area contributed by atoms with Gasteiger partial charge in [0.15, 0.2) is 0 Å². The molecule has 0 radical (unpaired) electrons. The topological polar surface area (TPSA) is 143 Å². The van der Waals surface area contributed by atoms with Crippen LogP contribution in [0.3, 0.4) is 0 Å². The minimum Gasteiger partial charge on any atom is -0.490 e. The molecule has 252 valence electrons. The van der Waals surface area contributed by atoms with E-state index in [4.69, 9.17) is 9.57 Å². The number of rotatable bonds is 6. The summed E-state index contributed by atoms with van der Waals surface area (Å²) in [5, 5.41) is 6.91. The van der Waals surface area contributed by atoms with Crippen LogP contribution in [0.4, 0.5) is 0 Å². The lowest BCUT2D eigenvalue weighted by Crippen LogP contribution is -2.54. The third-order valence-electron chi connectivity index (χ3n) is 10.2. The van der Waals surface area contributed by atoms with Crippen molar-refractivity contribution in [1.82, 2.24) is 14.9 Å². The zero-order valence-electron chi connectivity index (χ0n) is 26.9. The number of sulfonamides is 1. The number of nitrogens with zero attached hydrogens (tertiary/aromatic N) is 2. The molecule has 2 aromatic rings. The first-order valence-corrected chi connectivity index (χ1v) is 18.2. The van der Waals surface area contributed by atoms with Gasteiger partial charge in [0.25, 0.3) is 5.91 Å². The number of benzene rings is 2. The Morgan fingerprint density at radius 3 is 2.58 bits per heavy atom. The highest BCUT2D eigenvalue weighted by atomic mass is 32.2. The van der Waals surface area contributed by atoms with Gasteiger partial charge in [-0.1, -0.05) is 47.6 Å². The van der Waals surface area contributed by atoms with Gasteiger partial charge in [-0.05, 0) is 74.3 Å². The molecule has 0 aromatic heterocycles. The lowest BCUT2D eigenvalue weighted by atomic mass is 9.93. The quantitative estimate of drug-likeness (QED) is 0.381. The van der Waals surface area contributed by atoms with Crippen LogP contribution < -0.4 is 14.8 Å². The van der Waals surface area contributed by atoms with E-state index in [0.717, 1.165) is 35.1 Å². The van der Waals surface area contributed by atoms with Gasteiger partial charge < -0.3 is 19.8 Å². The second-order valence-electron chi connectivity index (χ2n) is 13.5. The maximum atomic E-state index is 14.0. The summed E-state index contributed by atoms with van der Waals surface area (Å²) in [6.07, 6.45) is 8.16. The molecule has 0 saturated heterocycles. The Labute approximate surface area is 280 Å². The molecule has 3 saturated carbocycles. The van der Waals surface area contributed by atoms with E-state index in [1.165, 1.54) is 0 Å². The van der Waals surface area contributed by atoms with Crippen LogP contribution >= 0.6 is 0 Å². The van der Waals surface area contributed by atoms with Gasteiger partial charge in [0, 0.05) is 30.6 Å². The fraction of sp³-hybridized carbons (Fsp3) is 0.444. The molecule has 0 unspecified atom stereocenters. The van der Waals surface area contributed by atoms with Crippen molar-refractivity contribution < 1.29 is 32.4 Å². The Morgan fingerprint density at radius 2 is 1.83 bits per heavy atom. The van der Waals surface area contributed by atoms with Gasteiger partial charge in [-0.2, -0.15) is 0 Å². The third-order valence-corrected chi connectivity index (χ3v) is 12.0. The number of amides is 3. The van der Waals surface area contributed by atoms with Gasteiger partial charge in [0.05, 0.1) is 17.1 Å². The maximum absolute atomic E-state index is 14.0. The van der Waals surface area contributed by atoms with Crippen molar-refractivity contribution in [2.75, 3.05) is 20.2 Å². The van der Waals surface area contributed by atoms with Crippen LogP contribution in [0.5, 0.6) is 5.75 Å². The molecule has 12 heteroatoms. The van der Waals surface area contributed by atoms with Crippen LogP contribution in [0.15, 0.2) is 72.4 Å². The smallest absolute Gasteiger partial charge is 0.259 e. The van der Waals surface area contributed by atoms with Crippen molar-refractivity contribution in [3.05, 3.63) is 78.4 Å². The highest BCUT2D eigenvalue weighted by Gasteiger charge is 2.62. The first-order valence-electron chi connectivity index (χ1n) is 16.6. The summed E-state index contributed by atoms with van der Waals surface area (Å²) in [5.74, 6) is -2.69. The van der Waals surface area contributed by atoms with Crippen molar-refractivity contribution in [1.29, 1.82) is 0 Å². The SMILES string of the molecule is C=C[C@@H]1C[C@]1(NC(=O)[C@@H]1C[C@@H]2C[C@H]1C(=O)N(C)CCCC=CCOc1ccc3c(c1)C(=NO2)c1ccccc1-3)C(=O)NS(=O)(=O)C1CC1. The Morgan fingerprint density at radius 1 is 1.06 bits per heavy atom. The number of fused-ring (bicyclic) bond motifs is 6. The number of carbonyl (C=O) groups is 3. The molecule has 11 nitrogen and oxygen atoms in total. The summed E-state index contributed by atoms with van der Waals surface area (Å²) in [7, 11) is -2.09. The number of ether oxygens (including phenoxy) is 1. The molecule has 2 N–H and O–H groups in total.